The molecule has 2 aromatic carbocycles. The van der Waals surface area contributed by atoms with E-state index < -0.39 is 0 Å². The quantitative estimate of drug-likeness (QED) is 0.725. The maximum Gasteiger partial charge on any atom is 0.318 e. The summed E-state index contributed by atoms with van der Waals surface area (Å²) in [6.45, 7) is 5.15. The zero-order valence-corrected chi connectivity index (χ0v) is 16.9. The van der Waals surface area contributed by atoms with Gasteiger partial charge in [-0.1, -0.05) is 29.8 Å². The molecule has 4 rings (SSSR count). The number of benzene rings is 2. The van der Waals surface area contributed by atoms with Gasteiger partial charge in [0.15, 0.2) is 6.39 Å². The Kier molecular flexibility index (Phi) is 5.25. The summed E-state index contributed by atoms with van der Waals surface area (Å²) in [4.78, 5) is 19.1. The number of ether oxygens (including phenoxy) is 1. The normalized spacial score (nSPS) is 15.7. The highest BCUT2D eigenvalue weighted by molar-refractivity contribution is 5.76. The Bertz CT molecular complexity index is 1010. The average molecular weight is 391 g/mol. The maximum atomic E-state index is 13.1. The second-order valence-corrected chi connectivity index (χ2v) is 7.41. The number of hydrogen-bond acceptors (Lipinski definition) is 4. The number of nitrogens with one attached hydrogen (secondary N) is 1. The minimum atomic E-state index is -0.150. The summed E-state index contributed by atoms with van der Waals surface area (Å²) in [6.07, 6.45) is 3.69. The van der Waals surface area contributed by atoms with E-state index in [1.54, 1.807) is 13.4 Å². The van der Waals surface area contributed by atoms with E-state index in [4.69, 9.17) is 9.15 Å². The van der Waals surface area contributed by atoms with Crippen LogP contribution in [0.4, 0.5) is 4.79 Å². The van der Waals surface area contributed by atoms with Crippen LogP contribution in [-0.4, -0.2) is 29.6 Å². The summed E-state index contributed by atoms with van der Waals surface area (Å²) < 4.78 is 10.4. The number of nitrogens with zero attached hydrogens (tertiary/aromatic N) is 2. The molecular formula is C23H25N3O3. The molecule has 1 unspecified atom stereocenters. The molecule has 0 radical (unpaired) electrons. The van der Waals surface area contributed by atoms with E-state index >= 15 is 0 Å². The fourth-order valence-electron chi connectivity index (χ4n) is 4.01. The minimum Gasteiger partial charge on any atom is -0.497 e. The Labute approximate surface area is 170 Å². The molecule has 3 aromatic rings. The molecule has 1 atom stereocenters. The molecule has 2 heterocycles. The highest BCUT2D eigenvalue weighted by Gasteiger charge is 2.33. The summed E-state index contributed by atoms with van der Waals surface area (Å²) in [5, 5.41) is 2.98. The Morgan fingerprint density at radius 1 is 1.24 bits per heavy atom. The van der Waals surface area contributed by atoms with Crippen molar-refractivity contribution in [3.05, 3.63) is 82.6 Å². The molecule has 2 amide bonds. The number of carbonyl (C=O) groups excluding carboxylic acids is 1. The van der Waals surface area contributed by atoms with Crippen LogP contribution in [0, 0.1) is 13.8 Å². The van der Waals surface area contributed by atoms with Crippen molar-refractivity contribution in [3.8, 4) is 5.75 Å². The van der Waals surface area contributed by atoms with E-state index in [2.05, 4.69) is 54.5 Å². The van der Waals surface area contributed by atoms with Crippen molar-refractivity contribution in [2.75, 3.05) is 13.7 Å². The Balaban J connectivity index is 1.70. The maximum absolute atomic E-state index is 13.1. The van der Waals surface area contributed by atoms with E-state index in [-0.39, 0.29) is 12.1 Å². The van der Waals surface area contributed by atoms with Gasteiger partial charge in [-0.3, -0.25) is 0 Å². The second kappa shape index (κ2) is 7.99. The summed E-state index contributed by atoms with van der Waals surface area (Å²) in [5.41, 5.74) is 6.57. The second-order valence-electron chi connectivity index (χ2n) is 7.41. The van der Waals surface area contributed by atoms with Crippen LogP contribution in [0.15, 0.2) is 53.5 Å². The van der Waals surface area contributed by atoms with Gasteiger partial charge in [-0.05, 0) is 54.7 Å². The van der Waals surface area contributed by atoms with Gasteiger partial charge in [-0.2, -0.15) is 0 Å². The van der Waals surface area contributed by atoms with E-state index in [1.165, 1.54) is 23.1 Å². The molecule has 1 aliphatic heterocycles. The molecule has 0 saturated heterocycles. The number of rotatable bonds is 4. The summed E-state index contributed by atoms with van der Waals surface area (Å²) in [7, 11) is 1.68. The predicted octanol–water partition coefficient (Wildman–Crippen LogP) is 4.16. The van der Waals surface area contributed by atoms with Gasteiger partial charge < -0.3 is 19.4 Å². The molecule has 1 N–H and O–H groups in total. The van der Waals surface area contributed by atoms with E-state index in [0.29, 0.717) is 18.8 Å². The fraction of sp³-hybridized carbons (Fsp3) is 0.304. The Morgan fingerprint density at radius 2 is 2.07 bits per heavy atom. The van der Waals surface area contributed by atoms with Crippen LogP contribution in [0.2, 0.25) is 0 Å². The van der Waals surface area contributed by atoms with Crippen LogP contribution in [0.5, 0.6) is 5.75 Å². The molecular weight excluding hydrogens is 366 g/mol. The topological polar surface area (TPSA) is 67.6 Å². The largest absolute Gasteiger partial charge is 0.497 e. The van der Waals surface area contributed by atoms with Crippen molar-refractivity contribution in [3.63, 3.8) is 0 Å². The number of carbonyl (C=O) groups is 1. The monoisotopic (exact) mass is 391 g/mol. The minimum absolute atomic E-state index is 0.112. The third-order valence-electron chi connectivity index (χ3n) is 5.46. The van der Waals surface area contributed by atoms with Crippen LogP contribution in [-0.2, 0) is 13.0 Å². The molecule has 6 heteroatoms. The summed E-state index contributed by atoms with van der Waals surface area (Å²) >= 11 is 0. The van der Waals surface area contributed by atoms with Crippen molar-refractivity contribution in [1.29, 1.82) is 0 Å². The lowest BCUT2D eigenvalue weighted by Crippen LogP contribution is -2.46. The van der Waals surface area contributed by atoms with Crippen molar-refractivity contribution in [2.45, 2.75) is 32.9 Å². The van der Waals surface area contributed by atoms with Crippen LogP contribution in [0.3, 0.4) is 0 Å². The number of methoxy groups -OCH3 is 1. The van der Waals surface area contributed by atoms with Crippen molar-refractivity contribution >= 4 is 6.03 Å². The predicted molar refractivity (Wildman–Crippen MR) is 110 cm³/mol. The van der Waals surface area contributed by atoms with Gasteiger partial charge in [0, 0.05) is 6.54 Å². The van der Waals surface area contributed by atoms with Crippen LogP contribution in [0.25, 0.3) is 0 Å². The van der Waals surface area contributed by atoms with Gasteiger partial charge in [0.2, 0.25) is 0 Å². The third-order valence-corrected chi connectivity index (χ3v) is 5.46. The van der Waals surface area contributed by atoms with Crippen LogP contribution >= 0.6 is 0 Å². The first-order chi connectivity index (χ1) is 14.1. The molecule has 1 aromatic heterocycles. The smallest absolute Gasteiger partial charge is 0.318 e. The molecule has 29 heavy (non-hydrogen) atoms. The first-order valence-corrected chi connectivity index (χ1v) is 9.72. The number of aryl methyl sites for hydroxylation is 2. The van der Waals surface area contributed by atoms with Crippen molar-refractivity contribution < 1.29 is 13.9 Å². The van der Waals surface area contributed by atoms with Crippen molar-refractivity contribution in [1.82, 2.24) is 15.2 Å². The fourth-order valence-corrected chi connectivity index (χ4v) is 4.01. The number of urea groups is 1. The molecule has 0 saturated carbocycles. The van der Waals surface area contributed by atoms with Gasteiger partial charge in [0.05, 0.1) is 25.4 Å². The summed E-state index contributed by atoms with van der Waals surface area (Å²) in [5.74, 6) is 0.840. The standard InChI is InChI=1S/C23H25N3O3/c1-15-4-6-20(16(2)10-15)22-21-7-5-19(28-3)11-17(21)8-9-26(22)23(27)24-12-18-13-29-14-25-18/h4-7,10-11,13-14,22H,8-9,12H2,1-3H3,(H,24,27). The van der Waals surface area contributed by atoms with Gasteiger partial charge in [0.1, 0.15) is 12.0 Å². The highest BCUT2D eigenvalue weighted by atomic mass is 16.5. The number of aromatic nitrogens is 1. The van der Waals surface area contributed by atoms with Gasteiger partial charge in [0.25, 0.3) is 0 Å². The first-order valence-electron chi connectivity index (χ1n) is 9.72. The first kappa shape index (κ1) is 19.1. The summed E-state index contributed by atoms with van der Waals surface area (Å²) in [6, 6.07) is 12.3. The average Bonchev–Trinajstić information content (AvgIpc) is 3.25. The van der Waals surface area contributed by atoms with Crippen LogP contribution < -0.4 is 10.1 Å². The lowest BCUT2D eigenvalue weighted by Gasteiger charge is -2.38. The Morgan fingerprint density at radius 3 is 2.79 bits per heavy atom. The molecule has 0 fully saturated rings. The van der Waals surface area contributed by atoms with Crippen molar-refractivity contribution in [2.24, 2.45) is 0 Å². The van der Waals surface area contributed by atoms with Crippen LogP contribution in [0.1, 0.15) is 39.6 Å². The van der Waals surface area contributed by atoms with E-state index in [9.17, 15) is 4.79 Å². The molecule has 1 aliphatic rings. The molecule has 0 spiro atoms. The zero-order valence-electron chi connectivity index (χ0n) is 16.9. The number of hydrogen-bond donors (Lipinski definition) is 1. The lowest BCUT2D eigenvalue weighted by atomic mass is 9.86. The van der Waals surface area contributed by atoms with E-state index in [1.807, 2.05) is 11.0 Å². The van der Waals surface area contributed by atoms with E-state index in [0.717, 1.165) is 23.3 Å². The van der Waals surface area contributed by atoms with Gasteiger partial charge in [-0.15, -0.1) is 0 Å². The van der Waals surface area contributed by atoms with Gasteiger partial charge >= 0.3 is 6.03 Å². The molecule has 6 nitrogen and oxygen atoms in total. The molecule has 0 bridgehead atoms. The Hall–Kier alpha value is -3.28. The molecule has 0 aliphatic carbocycles. The van der Waals surface area contributed by atoms with Gasteiger partial charge in [-0.25, -0.2) is 9.78 Å². The SMILES string of the molecule is COc1ccc2c(c1)CCN(C(=O)NCc1cocn1)C2c1ccc(C)cc1C. The highest BCUT2D eigenvalue weighted by Crippen LogP contribution is 2.38. The lowest BCUT2D eigenvalue weighted by molar-refractivity contribution is 0.179. The number of fused-ring (bicyclic) bond motifs is 1. The number of oxazole rings is 1. The third kappa shape index (κ3) is 3.83. The molecule has 150 valence electrons. The zero-order chi connectivity index (χ0) is 20.4. The number of amides is 2.